The summed E-state index contributed by atoms with van der Waals surface area (Å²) in [5.41, 5.74) is 4.74. The highest BCUT2D eigenvalue weighted by Crippen LogP contribution is 2.26. The summed E-state index contributed by atoms with van der Waals surface area (Å²) in [4.78, 5) is 0. The van der Waals surface area contributed by atoms with Crippen LogP contribution in [0.3, 0.4) is 0 Å². The van der Waals surface area contributed by atoms with Crippen molar-refractivity contribution in [2.24, 2.45) is 0 Å². The molecule has 0 heterocycles. The highest BCUT2D eigenvalue weighted by atomic mass is 14.3. The molecule has 0 fully saturated rings. The molecule has 1 aromatic rings. The van der Waals surface area contributed by atoms with E-state index in [1.807, 2.05) is 0 Å². The Morgan fingerprint density at radius 3 is 1.44 bits per heavy atom. The van der Waals surface area contributed by atoms with Gasteiger partial charge < -0.3 is 0 Å². The van der Waals surface area contributed by atoms with Crippen LogP contribution in [0, 0.1) is 0 Å². The van der Waals surface area contributed by atoms with Crippen LogP contribution in [0.5, 0.6) is 0 Å². The fraction of sp³-hybridized carbons (Fsp3) is 0.600. The van der Waals surface area contributed by atoms with Gasteiger partial charge in [0.2, 0.25) is 0 Å². The molecule has 1 radical (unpaired) electrons. The van der Waals surface area contributed by atoms with E-state index in [0.717, 1.165) is 0 Å². The third-order valence-corrected chi connectivity index (χ3v) is 3.01. The van der Waals surface area contributed by atoms with Gasteiger partial charge in [0.1, 0.15) is 7.28 Å². The minimum absolute atomic E-state index is 0.211. The van der Waals surface area contributed by atoms with Gasteiger partial charge in [0.15, 0.2) is 0 Å². The Bertz CT molecular complexity index is 332. The summed E-state index contributed by atoms with van der Waals surface area (Å²) in [6.45, 7) is 15.8. The normalized spacial score (nSPS) is 12.7. The molecule has 0 atom stereocenters. The van der Waals surface area contributed by atoms with Crippen molar-refractivity contribution in [1.29, 1.82) is 0 Å². The first kappa shape index (κ1) is 13.4. The fourth-order valence-electron chi connectivity index (χ4n) is 2.18. The van der Waals surface area contributed by atoms with E-state index in [9.17, 15) is 0 Å². The van der Waals surface area contributed by atoms with Crippen LogP contribution >= 0.6 is 0 Å². The van der Waals surface area contributed by atoms with E-state index in [4.69, 9.17) is 0 Å². The molecule has 0 bridgehead atoms. The zero-order chi connectivity index (χ0) is 12.6. The highest BCUT2D eigenvalue weighted by molar-refractivity contribution is 6.53. The smallest absolute Gasteiger partial charge is 0.0872 e. The van der Waals surface area contributed by atoms with Crippen molar-refractivity contribution in [2.45, 2.75) is 59.2 Å². The molecule has 0 unspecified atom stereocenters. The number of hydrogen-bond donors (Lipinski definition) is 0. The van der Waals surface area contributed by atoms with Gasteiger partial charge in [-0.05, 0) is 22.0 Å². The van der Waals surface area contributed by atoms with Crippen molar-refractivity contribution in [2.75, 3.05) is 0 Å². The average molecular weight is 215 g/mol. The molecule has 1 rings (SSSR count). The molecule has 0 N–H and O–H groups in total. The van der Waals surface area contributed by atoms with Crippen LogP contribution in [0.1, 0.15) is 52.7 Å². The first-order valence-electron chi connectivity index (χ1n) is 6.11. The maximum absolute atomic E-state index is 2.28. The summed E-state index contributed by atoms with van der Waals surface area (Å²) in [6, 6.07) is 6.70. The van der Waals surface area contributed by atoms with E-state index >= 15 is 0 Å². The molecule has 0 nitrogen and oxygen atoms in total. The van der Waals surface area contributed by atoms with E-state index in [-0.39, 0.29) is 10.8 Å². The van der Waals surface area contributed by atoms with E-state index in [2.05, 4.69) is 73.8 Å². The van der Waals surface area contributed by atoms with Gasteiger partial charge in [0.05, 0.1) is 0 Å². The monoisotopic (exact) mass is 215 g/mol. The van der Waals surface area contributed by atoms with Gasteiger partial charge in [-0.2, -0.15) is 0 Å². The van der Waals surface area contributed by atoms with Crippen LogP contribution < -0.4 is 5.46 Å². The molecule has 0 saturated carbocycles. The standard InChI is InChI=1S/C15H24B/c1-14(2,3)11-9-8-10-12(13(11)16-7)15(4,5)6/h8-10H,1-7H3. The molecule has 0 aliphatic carbocycles. The van der Waals surface area contributed by atoms with Crippen LogP contribution in [0.2, 0.25) is 6.82 Å². The number of hydrogen-bond acceptors (Lipinski definition) is 0. The summed E-state index contributed by atoms with van der Waals surface area (Å²) in [6.07, 6.45) is 0. The number of rotatable bonds is 1. The predicted octanol–water partition coefficient (Wildman–Crippen LogP) is 3.66. The quantitative estimate of drug-likeness (QED) is 0.627. The van der Waals surface area contributed by atoms with Gasteiger partial charge >= 0.3 is 0 Å². The molecule has 0 aliphatic rings. The van der Waals surface area contributed by atoms with Gasteiger partial charge in [0.25, 0.3) is 0 Å². The molecule has 0 aromatic heterocycles. The minimum Gasteiger partial charge on any atom is -0.0872 e. The maximum Gasteiger partial charge on any atom is 0.149 e. The largest absolute Gasteiger partial charge is 0.149 e. The fourth-order valence-corrected chi connectivity index (χ4v) is 2.18. The van der Waals surface area contributed by atoms with Crippen LogP contribution in [0.25, 0.3) is 0 Å². The molecule has 0 amide bonds. The zero-order valence-electron chi connectivity index (χ0n) is 11.8. The van der Waals surface area contributed by atoms with Crippen molar-refractivity contribution in [1.82, 2.24) is 0 Å². The zero-order valence-corrected chi connectivity index (χ0v) is 11.8. The first-order chi connectivity index (χ1) is 7.18. The Hall–Kier alpha value is -0.715. The second kappa shape index (κ2) is 4.27. The third kappa shape index (κ3) is 2.69. The average Bonchev–Trinajstić information content (AvgIpc) is 2.13. The lowest BCUT2D eigenvalue weighted by molar-refractivity contribution is 0.575. The lowest BCUT2D eigenvalue weighted by Gasteiger charge is -2.29. The summed E-state index contributed by atoms with van der Waals surface area (Å²) in [5, 5.41) is 0. The van der Waals surface area contributed by atoms with E-state index in [1.165, 1.54) is 16.6 Å². The van der Waals surface area contributed by atoms with Gasteiger partial charge in [-0.15, -0.1) is 0 Å². The topological polar surface area (TPSA) is 0 Å². The summed E-state index contributed by atoms with van der Waals surface area (Å²) in [7, 11) is 2.25. The van der Waals surface area contributed by atoms with Crippen molar-refractivity contribution in [3.8, 4) is 0 Å². The van der Waals surface area contributed by atoms with Crippen molar-refractivity contribution < 1.29 is 0 Å². The molecule has 16 heavy (non-hydrogen) atoms. The van der Waals surface area contributed by atoms with Gasteiger partial charge in [-0.1, -0.05) is 72.0 Å². The van der Waals surface area contributed by atoms with E-state index in [1.54, 1.807) is 0 Å². The van der Waals surface area contributed by atoms with E-state index in [0.29, 0.717) is 0 Å². The lowest BCUT2D eigenvalue weighted by Crippen LogP contribution is -2.33. The molecule has 1 heteroatoms. The second-order valence-corrected chi connectivity index (χ2v) is 6.56. The van der Waals surface area contributed by atoms with Crippen molar-refractivity contribution in [3.63, 3.8) is 0 Å². The Morgan fingerprint density at radius 1 is 0.812 bits per heavy atom. The highest BCUT2D eigenvalue weighted by Gasteiger charge is 2.23. The van der Waals surface area contributed by atoms with Gasteiger partial charge in [-0.3, -0.25) is 0 Å². The predicted molar refractivity (Wildman–Crippen MR) is 75.1 cm³/mol. The lowest BCUT2D eigenvalue weighted by atomic mass is 9.61. The number of benzene rings is 1. The summed E-state index contributed by atoms with van der Waals surface area (Å²) in [5.74, 6) is 0. The Morgan fingerprint density at radius 2 is 1.19 bits per heavy atom. The Kier molecular flexibility index (Phi) is 3.57. The molecule has 0 aliphatic heterocycles. The van der Waals surface area contributed by atoms with Crippen LogP contribution in [0.4, 0.5) is 0 Å². The molecule has 1 aromatic carbocycles. The van der Waals surface area contributed by atoms with Crippen LogP contribution in [0.15, 0.2) is 18.2 Å². The van der Waals surface area contributed by atoms with Gasteiger partial charge in [-0.25, -0.2) is 0 Å². The third-order valence-electron chi connectivity index (χ3n) is 3.01. The van der Waals surface area contributed by atoms with Crippen LogP contribution in [-0.4, -0.2) is 7.28 Å². The summed E-state index contributed by atoms with van der Waals surface area (Å²) < 4.78 is 0. The molecule has 0 saturated heterocycles. The Balaban J connectivity index is 3.45. The molecular weight excluding hydrogens is 191 g/mol. The molecule has 87 valence electrons. The van der Waals surface area contributed by atoms with Crippen LogP contribution in [-0.2, 0) is 10.8 Å². The second-order valence-electron chi connectivity index (χ2n) is 6.56. The maximum atomic E-state index is 2.28. The summed E-state index contributed by atoms with van der Waals surface area (Å²) >= 11 is 0. The van der Waals surface area contributed by atoms with Gasteiger partial charge in [0, 0.05) is 0 Å². The minimum atomic E-state index is 0.211. The van der Waals surface area contributed by atoms with Crippen molar-refractivity contribution in [3.05, 3.63) is 29.3 Å². The first-order valence-corrected chi connectivity index (χ1v) is 6.11. The van der Waals surface area contributed by atoms with E-state index < -0.39 is 0 Å². The molecular formula is C15H24B. The SMILES string of the molecule is C[B]c1c(C(C)(C)C)cccc1C(C)(C)C. The Labute approximate surface area is 102 Å². The van der Waals surface area contributed by atoms with Crippen molar-refractivity contribution >= 4 is 12.7 Å². The molecule has 0 spiro atoms.